The topological polar surface area (TPSA) is 35.5 Å². The van der Waals surface area contributed by atoms with E-state index in [0.717, 1.165) is 7.11 Å². The van der Waals surface area contributed by atoms with Crippen molar-refractivity contribution < 1.29 is 27.4 Å². The van der Waals surface area contributed by atoms with Gasteiger partial charge in [-0.25, -0.2) is 4.79 Å². The molecule has 82 valence electrons. The minimum absolute atomic E-state index is 0.505. The molecular weight excluding hydrogens is 225 g/mol. The minimum Gasteiger partial charge on any atom is -0.431 e. The Labute approximate surface area is 83.4 Å². The van der Waals surface area contributed by atoms with Crippen LogP contribution in [-0.4, -0.2) is 25.5 Å². The van der Waals surface area contributed by atoms with Gasteiger partial charge in [0.1, 0.15) is 11.5 Å². The molecule has 0 heterocycles. The van der Waals surface area contributed by atoms with Gasteiger partial charge in [0.2, 0.25) is 6.29 Å². The van der Waals surface area contributed by atoms with Gasteiger partial charge >= 0.3 is 12.1 Å². The molecule has 0 aliphatic carbocycles. The Bertz CT molecular complexity index is 227. The summed E-state index contributed by atoms with van der Waals surface area (Å²) in [4.78, 5) is 10.7. The second kappa shape index (κ2) is 5.21. The molecule has 0 aliphatic rings. The average molecular weight is 233 g/mol. The van der Waals surface area contributed by atoms with E-state index in [1.54, 1.807) is 0 Å². The molecule has 0 rings (SSSR count). The molecule has 0 aromatic rings. The third-order valence-electron chi connectivity index (χ3n) is 1.12. The normalized spacial score (nSPS) is 13.5. The molecule has 0 saturated carbocycles. The zero-order valence-corrected chi connectivity index (χ0v) is 7.98. The second-order valence-electron chi connectivity index (χ2n) is 2.29. The molecular formula is C7H8ClF3O3. The molecule has 0 aliphatic heterocycles. The first-order valence-corrected chi connectivity index (χ1v) is 3.79. The number of carbonyl (C=O) groups is 1. The third-order valence-corrected chi connectivity index (χ3v) is 1.28. The van der Waals surface area contributed by atoms with Crippen LogP contribution in [0, 0.1) is 0 Å². The first-order valence-electron chi connectivity index (χ1n) is 3.41. The summed E-state index contributed by atoms with van der Waals surface area (Å²) in [5, 5.41) is -0.505. The number of hydrogen-bond acceptors (Lipinski definition) is 3. The molecule has 0 bridgehead atoms. The van der Waals surface area contributed by atoms with E-state index in [1.165, 1.54) is 0 Å². The number of ether oxygens (including phenoxy) is 2. The zero-order chi connectivity index (χ0) is 11.4. The Morgan fingerprint density at radius 1 is 1.57 bits per heavy atom. The van der Waals surface area contributed by atoms with Gasteiger partial charge in [0, 0.05) is 7.11 Å². The van der Waals surface area contributed by atoms with Crippen LogP contribution in [0.2, 0.25) is 0 Å². The lowest BCUT2D eigenvalue weighted by molar-refractivity contribution is -0.211. The molecule has 14 heavy (non-hydrogen) atoms. The Balaban J connectivity index is 4.17. The first kappa shape index (κ1) is 13.2. The van der Waals surface area contributed by atoms with E-state index in [1.807, 2.05) is 0 Å². The van der Waals surface area contributed by atoms with Crippen LogP contribution >= 0.6 is 11.6 Å². The molecule has 0 aromatic heterocycles. The van der Waals surface area contributed by atoms with Gasteiger partial charge in [-0.05, 0) is 0 Å². The molecule has 3 nitrogen and oxygen atoms in total. The molecule has 0 N–H and O–H groups in total. The average Bonchev–Trinajstić information content (AvgIpc) is 2.00. The fourth-order valence-corrected chi connectivity index (χ4v) is 0.590. The summed E-state index contributed by atoms with van der Waals surface area (Å²) in [6, 6.07) is 0. The van der Waals surface area contributed by atoms with E-state index < -0.39 is 29.9 Å². The molecule has 1 unspecified atom stereocenters. The van der Waals surface area contributed by atoms with E-state index in [2.05, 4.69) is 16.1 Å². The molecule has 7 heteroatoms. The van der Waals surface area contributed by atoms with E-state index in [-0.39, 0.29) is 0 Å². The Morgan fingerprint density at radius 3 is 2.36 bits per heavy atom. The maximum Gasteiger partial charge on any atom is 0.395 e. The molecule has 0 fully saturated rings. The van der Waals surface area contributed by atoms with Crippen molar-refractivity contribution in [1.29, 1.82) is 0 Å². The van der Waals surface area contributed by atoms with Gasteiger partial charge in [0.25, 0.3) is 0 Å². The largest absolute Gasteiger partial charge is 0.431 e. The Morgan fingerprint density at radius 2 is 2.07 bits per heavy atom. The van der Waals surface area contributed by atoms with Crippen LogP contribution in [0.1, 0.15) is 6.42 Å². The van der Waals surface area contributed by atoms with Crippen LogP contribution in [0.5, 0.6) is 0 Å². The molecule has 0 aromatic carbocycles. The Hall–Kier alpha value is -0.750. The summed E-state index contributed by atoms with van der Waals surface area (Å²) in [5.41, 5.74) is 0. The van der Waals surface area contributed by atoms with Gasteiger partial charge in [-0.2, -0.15) is 13.2 Å². The van der Waals surface area contributed by atoms with E-state index in [0.29, 0.717) is 0 Å². The predicted molar refractivity (Wildman–Crippen MR) is 42.6 cm³/mol. The highest BCUT2D eigenvalue weighted by Crippen LogP contribution is 2.23. The van der Waals surface area contributed by atoms with Crippen LogP contribution in [0.15, 0.2) is 11.6 Å². The van der Waals surface area contributed by atoms with Gasteiger partial charge in [-0.15, -0.1) is 0 Å². The molecule has 0 radical (unpaired) electrons. The minimum atomic E-state index is -4.48. The maximum atomic E-state index is 11.8. The van der Waals surface area contributed by atoms with Crippen molar-refractivity contribution in [3.05, 3.63) is 11.6 Å². The monoisotopic (exact) mass is 232 g/mol. The van der Waals surface area contributed by atoms with Crippen molar-refractivity contribution in [3.63, 3.8) is 0 Å². The molecule has 0 amide bonds. The summed E-state index contributed by atoms with van der Waals surface area (Å²) in [5.74, 6) is -1.14. The maximum absolute atomic E-state index is 11.8. The number of alkyl halides is 3. The summed E-state index contributed by atoms with van der Waals surface area (Å²) in [7, 11) is 0.987. The molecule has 0 saturated heterocycles. The van der Waals surface area contributed by atoms with Gasteiger partial charge < -0.3 is 9.47 Å². The standard InChI is InChI=1S/C7H8ClF3O3/c1-4(8)6(12)14-5(13-2)3-7(9,10)11/h5H,1,3H2,2H3. The highest BCUT2D eigenvalue weighted by atomic mass is 35.5. The van der Waals surface area contributed by atoms with Gasteiger partial charge in [0.15, 0.2) is 0 Å². The number of hydrogen-bond donors (Lipinski definition) is 0. The SMILES string of the molecule is C=C(Cl)C(=O)OC(CC(F)(F)F)OC. The summed E-state index contributed by atoms with van der Waals surface area (Å²) < 4.78 is 44.0. The van der Waals surface area contributed by atoms with Crippen molar-refractivity contribution in [1.82, 2.24) is 0 Å². The summed E-state index contributed by atoms with van der Waals surface area (Å²) >= 11 is 5.09. The van der Waals surface area contributed by atoms with E-state index >= 15 is 0 Å². The lowest BCUT2D eigenvalue weighted by Crippen LogP contribution is -2.26. The van der Waals surface area contributed by atoms with Crippen LogP contribution < -0.4 is 0 Å². The molecule has 1 atom stereocenters. The first-order chi connectivity index (χ1) is 6.26. The second-order valence-corrected chi connectivity index (χ2v) is 2.75. The van der Waals surface area contributed by atoms with Gasteiger partial charge in [0.05, 0.1) is 0 Å². The highest BCUT2D eigenvalue weighted by molar-refractivity contribution is 6.40. The predicted octanol–water partition coefficient (Wildman–Crippen LogP) is 2.21. The van der Waals surface area contributed by atoms with E-state index in [4.69, 9.17) is 11.6 Å². The van der Waals surface area contributed by atoms with E-state index in [9.17, 15) is 18.0 Å². The molecule has 0 spiro atoms. The third kappa shape index (κ3) is 5.82. The number of methoxy groups -OCH3 is 1. The summed E-state index contributed by atoms with van der Waals surface area (Å²) in [6.45, 7) is 2.99. The lowest BCUT2D eigenvalue weighted by atomic mass is 10.4. The van der Waals surface area contributed by atoms with Crippen molar-refractivity contribution in [2.24, 2.45) is 0 Å². The van der Waals surface area contributed by atoms with Crippen LogP contribution in [0.25, 0.3) is 0 Å². The van der Waals surface area contributed by atoms with Crippen molar-refractivity contribution in [3.8, 4) is 0 Å². The van der Waals surface area contributed by atoms with Crippen molar-refractivity contribution in [2.45, 2.75) is 18.9 Å². The van der Waals surface area contributed by atoms with Crippen LogP contribution in [0.4, 0.5) is 13.2 Å². The van der Waals surface area contributed by atoms with Crippen LogP contribution in [0.3, 0.4) is 0 Å². The number of rotatable bonds is 4. The number of halogens is 4. The fraction of sp³-hybridized carbons (Fsp3) is 0.571. The van der Waals surface area contributed by atoms with Gasteiger partial charge in [-0.3, -0.25) is 0 Å². The highest BCUT2D eigenvalue weighted by Gasteiger charge is 2.34. The van der Waals surface area contributed by atoms with Crippen molar-refractivity contribution in [2.75, 3.05) is 7.11 Å². The number of carbonyl (C=O) groups excluding carboxylic acids is 1. The van der Waals surface area contributed by atoms with Gasteiger partial charge in [-0.1, -0.05) is 18.2 Å². The van der Waals surface area contributed by atoms with Crippen LogP contribution in [-0.2, 0) is 14.3 Å². The number of esters is 1. The Kier molecular flexibility index (Phi) is 4.93. The van der Waals surface area contributed by atoms with Crippen molar-refractivity contribution >= 4 is 17.6 Å². The quantitative estimate of drug-likeness (QED) is 0.424. The zero-order valence-electron chi connectivity index (χ0n) is 7.23. The fourth-order valence-electron chi connectivity index (χ4n) is 0.545. The lowest BCUT2D eigenvalue weighted by Gasteiger charge is -2.17. The smallest absolute Gasteiger partial charge is 0.395 e. The summed E-state index contributed by atoms with van der Waals surface area (Å²) in [6.07, 6.45) is -7.56.